The second-order valence-corrected chi connectivity index (χ2v) is 6.95. The summed E-state index contributed by atoms with van der Waals surface area (Å²) in [6, 6.07) is -0.327. The summed E-state index contributed by atoms with van der Waals surface area (Å²) in [6.45, 7) is 2.59. The van der Waals surface area contributed by atoms with Crippen LogP contribution < -0.4 is 5.32 Å². The van der Waals surface area contributed by atoms with Crippen LogP contribution in [0.3, 0.4) is 0 Å². The van der Waals surface area contributed by atoms with Gasteiger partial charge in [0.15, 0.2) is 0 Å². The fraction of sp³-hybridized carbons (Fsp3) is 0.867. The zero-order valence-corrected chi connectivity index (χ0v) is 12.9. The summed E-state index contributed by atoms with van der Waals surface area (Å²) in [7, 11) is 0. The Kier molecular flexibility index (Phi) is 4.92. The molecule has 0 bridgehead atoms. The zero-order chi connectivity index (χ0) is 16.4. The van der Waals surface area contributed by atoms with Crippen molar-refractivity contribution < 1.29 is 23.5 Å². The first-order chi connectivity index (χ1) is 10.2. The second-order valence-electron chi connectivity index (χ2n) is 6.95. The second kappa shape index (κ2) is 6.38. The number of piperidine rings is 1. The van der Waals surface area contributed by atoms with Crippen LogP contribution in [0.2, 0.25) is 0 Å². The van der Waals surface area contributed by atoms with Gasteiger partial charge < -0.3 is 15.3 Å². The molecule has 7 heteroatoms. The zero-order valence-electron chi connectivity index (χ0n) is 12.9. The van der Waals surface area contributed by atoms with Crippen LogP contribution in [0.5, 0.6) is 0 Å². The van der Waals surface area contributed by atoms with Gasteiger partial charge in [-0.25, -0.2) is 13.6 Å². The van der Waals surface area contributed by atoms with Gasteiger partial charge in [-0.15, -0.1) is 0 Å². The fourth-order valence-corrected chi connectivity index (χ4v) is 3.57. The number of carbonyl (C=O) groups is 2. The Morgan fingerprint density at radius 2 is 2.00 bits per heavy atom. The molecule has 1 aliphatic carbocycles. The van der Waals surface area contributed by atoms with Gasteiger partial charge in [-0.2, -0.15) is 0 Å². The van der Waals surface area contributed by atoms with Gasteiger partial charge in [0.05, 0.1) is 0 Å². The highest BCUT2D eigenvalue weighted by Crippen LogP contribution is 2.51. The molecule has 0 radical (unpaired) electrons. The molecule has 2 rings (SSSR count). The molecule has 1 atom stereocenters. The largest absolute Gasteiger partial charge is 0.481 e. The maximum Gasteiger partial charge on any atom is 0.317 e. The van der Waals surface area contributed by atoms with Gasteiger partial charge in [0.1, 0.15) is 0 Å². The minimum absolute atomic E-state index is 0.0401. The van der Waals surface area contributed by atoms with Crippen molar-refractivity contribution in [3.05, 3.63) is 0 Å². The van der Waals surface area contributed by atoms with Crippen LogP contribution in [0.25, 0.3) is 0 Å². The van der Waals surface area contributed by atoms with Crippen LogP contribution in [-0.2, 0) is 4.79 Å². The highest BCUT2D eigenvalue weighted by Gasteiger charge is 2.53. The van der Waals surface area contributed by atoms with E-state index in [1.807, 2.05) is 0 Å². The molecule has 1 unspecified atom stereocenters. The Morgan fingerprint density at radius 3 is 2.59 bits per heavy atom. The molecule has 1 aliphatic heterocycles. The van der Waals surface area contributed by atoms with E-state index in [2.05, 4.69) is 5.32 Å². The molecule has 126 valence electrons. The maximum atomic E-state index is 13.0. The number of hydrogen-bond acceptors (Lipinski definition) is 2. The van der Waals surface area contributed by atoms with Crippen molar-refractivity contribution in [1.29, 1.82) is 0 Å². The van der Waals surface area contributed by atoms with Gasteiger partial charge in [0, 0.05) is 38.4 Å². The molecule has 0 aromatic rings. The Labute approximate surface area is 129 Å². The van der Waals surface area contributed by atoms with Crippen molar-refractivity contribution in [1.82, 2.24) is 10.2 Å². The number of nitrogens with zero attached hydrogens (tertiary/aromatic N) is 1. The lowest BCUT2D eigenvalue weighted by atomic mass is 9.67. The number of nitrogens with one attached hydrogen (secondary N) is 1. The predicted molar refractivity (Wildman–Crippen MR) is 76.9 cm³/mol. The summed E-state index contributed by atoms with van der Waals surface area (Å²) >= 11 is 0. The average molecular weight is 318 g/mol. The first kappa shape index (κ1) is 17.0. The van der Waals surface area contributed by atoms with E-state index in [1.165, 1.54) is 0 Å². The summed E-state index contributed by atoms with van der Waals surface area (Å²) in [4.78, 5) is 24.6. The minimum atomic E-state index is -2.60. The fourth-order valence-electron chi connectivity index (χ4n) is 3.57. The molecule has 5 nitrogen and oxygen atoms in total. The van der Waals surface area contributed by atoms with Crippen LogP contribution in [0.15, 0.2) is 0 Å². The first-order valence-corrected chi connectivity index (χ1v) is 7.85. The third-order valence-electron chi connectivity index (χ3n) is 4.62. The van der Waals surface area contributed by atoms with Gasteiger partial charge in [-0.3, -0.25) is 4.79 Å². The highest BCUT2D eigenvalue weighted by molar-refractivity contribution is 5.75. The first-order valence-electron chi connectivity index (χ1n) is 7.85. The van der Waals surface area contributed by atoms with Gasteiger partial charge >= 0.3 is 12.0 Å². The highest BCUT2D eigenvalue weighted by atomic mass is 19.3. The lowest BCUT2D eigenvalue weighted by molar-refractivity contribution is -0.151. The van der Waals surface area contributed by atoms with Crippen molar-refractivity contribution in [2.45, 2.75) is 63.8 Å². The molecular weight excluding hydrogens is 294 g/mol. The van der Waals surface area contributed by atoms with E-state index in [4.69, 9.17) is 5.11 Å². The van der Waals surface area contributed by atoms with Crippen molar-refractivity contribution in [3.8, 4) is 0 Å². The normalized spacial score (nSPS) is 26.1. The number of rotatable bonds is 5. The van der Waals surface area contributed by atoms with E-state index >= 15 is 0 Å². The number of carbonyl (C=O) groups excluding carboxylic acids is 1. The molecule has 0 aromatic heterocycles. The molecule has 2 amide bonds. The molecule has 22 heavy (non-hydrogen) atoms. The van der Waals surface area contributed by atoms with Gasteiger partial charge in [-0.05, 0) is 31.1 Å². The summed E-state index contributed by atoms with van der Waals surface area (Å²) in [5.74, 6) is -3.47. The van der Waals surface area contributed by atoms with E-state index in [1.54, 1.807) is 11.8 Å². The summed E-state index contributed by atoms with van der Waals surface area (Å²) in [5, 5.41) is 11.5. The molecule has 0 aromatic carbocycles. The van der Waals surface area contributed by atoms with E-state index < -0.39 is 17.3 Å². The van der Waals surface area contributed by atoms with Crippen LogP contribution >= 0.6 is 0 Å². The van der Waals surface area contributed by atoms with E-state index in [-0.39, 0.29) is 37.9 Å². The molecule has 2 N–H and O–H groups in total. The standard InChI is InChI=1S/C15H24F2N2O3/c1-14(8-15(16,17)9-14)10-18-13(22)19-7-3-2-4-11(19)5-6-12(20)21/h11H,2-10H2,1H3,(H,18,22)(H,20,21). The lowest BCUT2D eigenvalue weighted by Gasteiger charge is -2.45. The summed E-state index contributed by atoms with van der Waals surface area (Å²) in [6.07, 6.45) is 2.78. The Morgan fingerprint density at radius 1 is 1.32 bits per heavy atom. The molecule has 2 fully saturated rings. The van der Waals surface area contributed by atoms with Gasteiger partial charge in [-0.1, -0.05) is 6.92 Å². The number of urea groups is 1. The number of hydrogen-bond donors (Lipinski definition) is 2. The van der Waals surface area contributed by atoms with E-state index in [9.17, 15) is 18.4 Å². The number of likely N-dealkylation sites (tertiary alicyclic amines) is 1. The van der Waals surface area contributed by atoms with E-state index in [0.29, 0.717) is 13.0 Å². The van der Waals surface area contributed by atoms with Gasteiger partial charge in [0.25, 0.3) is 0 Å². The third kappa shape index (κ3) is 4.30. The number of carboxylic acids is 1. The number of amides is 2. The lowest BCUT2D eigenvalue weighted by Crippen LogP contribution is -2.54. The number of halogens is 2. The Bertz CT molecular complexity index is 435. The summed E-state index contributed by atoms with van der Waals surface area (Å²) in [5.41, 5.74) is -0.536. The SMILES string of the molecule is CC1(CNC(=O)N2CCCCC2CCC(=O)O)CC(F)(F)C1. The minimum Gasteiger partial charge on any atom is -0.481 e. The smallest absolute Gasteiger partial charge is 0.317 e. The average Bonchev–Trinajstić information content (AvgIpc) is 2.40. The number of carboxylic acid groups (broad SMARTS) is 1. The van der Waals surface area contributed by atoms with Crippen molar-refractivity contribution in [2.24, 2.45) is 5.41 Å². The predicted octanol–water partition coefficient (Wildman–Crippen LogP) is 2.85. The van der Waals surface area contributed by atoms with Crippen molar-refractivity contribution >= 4 is 12.0 Å². The van der Waals surface area contributed by atoms with Crippen molar-refractivity contribution in [2.75, 3.05) is 13.1 Å². The molecule has 1 heterocycles. The Balaban J connectivity index is 1.83. The van der Waals surface area contributed by atoms with Crippen LogP contribution in [0, 0.1) is 5.41 Å². The molecule has 0 spiro atoms. The Hall–Kier alpha value is -1.40. The summed E-state index contributed by atoms with van der Waals surface area (Å²) < 4.78 is 25.9. The van der Waals surface area contributed by atoms with E-state index in [0.717, 1.165) is 19.3 Å². The molecular formula is C15H24F2N2O3. The quantitative estimate of drug-likeness (QED) is 0.819. The van der Waals surface area contributed by atoms with Crippen LogP contribution in [0.1, 0.15) is 51.9 Å². The van der Waals surface area contributed by atoms with Crippen molar-refractivity contribution in [3.63, 3.8) is 0 Å². The monoisotopic (exact) mass is 318 g/mol. The topological polar surface area (TPSA) is 69.6 Å². The molecule has 1 saturated carbocycles. The maximum absolute atomic E-state index is 13.0. The molecule has 1 saturated heterocycles. The number of aliphatic carboxylic acids is 1. The number of alkyl halides is 2. The third-order valence-corrected chi connectivity index (χ3v) is 4.62. The van der Waals surface area contributed by atoms with Gasteiger partial charge in [0.2, 0.25) is 5.92 Å². The van der Waals surface area contributed by atoms with Crippen LogP contribution in [-0.4, -0.2) is 47.1 Å². The molecule has 2 aliphatic rings. The van der Waals surface area contributed by atoms with Crippen LogP contribution in [0.4, 0.5) is 13.6 Å².